The van der Waals surface area contributed by atoms with Crippen molar-refractivity contribution < 1.29 is 9.30 Å². The van der Waals surface area contributed by atoms with Crippen LogP contribution in [0.15, 0.2) is 54.7 Å². The minimum Gasteiger partial charge on any atom is -0.455 e. The highest BCUT2D eigenvalue weighted by molar-refractivity contribution is 6.13. The van der Waals surface area contributed by atoms with Crippen LogP contribution in [0.25, 0.3) is 43.6 Å². The third-order valence-corrected chi connectivity index (χ3v) is 8.56. The fraction of sp³-hybridized carbons (Fsp3) is 0.425. The lowest BCUT2D eigenvalue weighted by Crippen LogP contribution is -2.32. The molecule has 0 aliphatic carbocycles. The van der Waals surface area contributed by atoms with Gasteiger partial charge in [-0.05, 0) is 86.7 Å². The van der Waals surface area contributed by atoms with Gasteiger partial charge >= 0.3 is 0 Å². The van der Waals surface area contributed by atoms with E-state index < -0.39 is 0 Å². The van der Waals surface area contributed by atoms with E-state index in [1.54, 1.807) is 0 Å². The molecular weight excluding hydrogens is 510 g/mol. The molecule has 2 heterocycles. The lowest BCUT2D eigenvalue weighted by Gasteiger charge is -2.29. The molecule has 1 aromatic heterocycles. The first kappa shape index (κ1) is 28.7. The molecule has 2 heteroatoms. The van der Waals surface area contributed by atoms with Gasteiger partial charge in [0, 0.05) is 17.0 Å². The number of aromatic nitrogens is 1. The fourth-order valence-corrected chi connectivity index (χ4v) is 7.06. The van der Waals surface area contributed by atoms with Crippen molar-refractivity contribution in [2.24, 2.45) is 23.3 Å². The molecule has 0 amide bonds. The molecule has 6 rings (SSSR count). The molecule has 0 fully saturated rings. The molecule has 4 aromatic carbocycles. The van der Waals surface area contributed by atoms with Gasteiger partial charge in [-0.25, -0.2) is 4.57 Å². The van der Waals surface area contributed by atoms with Gasteiger partial charge in [0.2, 0.25) is 5.69 Å². The molecule has 1 aliphatic heterocycles. The minimum absolute atomic E-state index is 0.110. The molecule has 0 atom stereocenters. The molecule has 0 unspecified atom stereocenters. The second-order valence-electron chi connectivity index (χ2n) is 16.5. The summed E-state index contributed by atoms with van der Waals surface area (Å²) < 4.78 is 9.53. The van der Waals surface area contributed by atoms with E-state index in [1.807, 2.05) is 0 Å². The van der Waals surface area contributed by atoms with E-state index in [9.17, 15) is 0 Å². The zero-order valence-corrected chi connectivity index (χ0v) is 27.7. The number of hydrogen-bond donors (Lipinski definition) is 0. The average Bonchev–Trinajstić information content (AvgIpc) is 2.85. The fourth-order valence-electron chi connectivity index (χ4n) is 7.06. The Morgan fingerprint density at radius 3 is 1.83 bits per heavy atom. The highest BCUT2D eigenvalue weighted by Crippen LogP contribution is 2.53. The molecule has 0 N–H and O–H groups in total. The van der Waals surface area contributed by atoms with Gasteiger partial charge in [-0.2, -0.15) is 0 Å². The van der Waals surface area contributed by atoms with Crippen molar-refractivity contribution in [3.63, 3.8) is 0 Å². The Balaban J connectivity index is 1.69. The van der Waals surface area contributed by atoms with Crippen LogP contribution in [0.4, 0.5) is 0 Å². The summed E-state index contributed by atoms with van der Waals surface area (Å²) in [6, 6.07) is 18.8. The van der Waals surface area contributed by atoms with Gasteiger partial charge in [0.25, 0.3) is 0 Å². The van der Waals surface area contributed by atoms with Crippen molar-refractivity contribution >= 4 is 32.3 Å². The first-order chi connectivity index (χ1) is 19.5. The first-order valence-electron chi connectivity index (χ1n) is 15.6. The van der Waals surface area contributed by atoms with Crippen LogP contribution in [0.3, 0.4) is 0 Å². The quantitative estimate of drug-likeness (QED) is 0.155. The number of hydrogen-bond acceptors (Lipinski definition) is 1. The highest BCUT2D eigenvalue weighted by Gasteiger charge is 2.35. The van der Waals surface area contributed by atoms with Gasteiger partial charge < -0.3 is 4.74 Å². The molecule has 2 nitrogen and oxygen atoms in total. The number of aryl methyl sites for hydroxylation is 2. The zero-order chi connectivity index (χ0) is 30.4. The summed E-state index contributed by atoms with van der Waals surface area (Å²) in [5.74, 6) is 2.04. The summed E-state index contributed by atoms with van der Waals surface area (Å²) in [6.45, 7) is 23.2. The third kappa shape index (κ3) is 5.19. The number of nitrogens with zero attached hydrogens (tertiary/aromatic N) is 1. The maximum atomic E-state index is 7.22. The van der Waals surface area contributed by atoms with Crippen molar-refractivity contribution in [3.8, 4) is 22.8 Å². The monoisotopic (exact) mass is 558 g/mol. The summed E-state index contributed by atoms with van der Waals surface area (Å²) in [6.07, 6.45) is 5.28. The van der Waals surface area contributed by atoms with Crippen LogP contribution in [-0.4, -0.2) is 0 Å². The van der Waals surface area contributed by atoms with Crippen molar-refractivity contribution in [2.45, 2.75) is 88.5 Å². The lowest BCUT2D eigenvalue weighted by atomic mass is 9.80. The molecule has 0 saturated carbocycles. The molecule has 1 aliphatic rings. The zero-order valence-electron chi connectivity index (χ0n) is 27.7. The van der Waals surface area contributed by atoms with Crippen LogP contribution in [-0.2, 0) is 26.3 Å². The SMILES string of the molecule is Cc1c2c(c(CC(C)(C)C)c3ccc(CC(C)(C)C)cc13)Oc1c3ccc(CC(C)(C)C)cc3cc3cc[n+](C)c-2c13. The smallest absolute Gasteiger partial charge is 0.228 e. The standard InChI is InChI=1S/C40H48NO/c1-24-31-19-26(22-39(5,6)7)13-15-30(31)32(23-40(8,9)10)37-33(24)35-34-27(16-17-41(35)11)20-28-18-25(21-38(2,3)4)12-14-29(28)36(34)42-37/h12-20H,21-23H2,1-11H3/q+1. The van der Waals surface area contributed by atoms with E-state index in [0.29, 0.717) is 0 Å². The summed E-state index contributed by atoms with van der Waals surface area (Å²) in [4.78, 5) is 0. The summed E-state index contributed by atoms with van der Waals surface area (Å²) in [7, 11) is 2.19. The Labute approximate surface area is 252 Å². The maximum Gasteiger partial charge on any atom is 0.228 e. The van der Waals surface area contributed by atoms with E-state index in [0.717, 1.165) is 30.8 Å². The molecule has 218 valence electrons. The van der Waals surface area contributed by atoms with Crippen LogP contribution >= 0.6 is 0 Å². The lowest BCUT2D eigenvalue weighted by molar-refractivity contribution is -0.659. The Kier molecular flexibility index (Phi) is 6.54. The van der Waals surface area contributed by atoms with Crippen LogP contribution < -0.4 is 9.30 Å². The normalized spacial score (nSPS) is 13.6. The van der Waals surface area contributed by atoms with Crippen molar-refractivity contribution in [1.82, 2.24) is 0 Å². The minimum atomic E-state index is 0.110. The predicted molar refractivity (Wildman–Crippen MR) is 180 cm³/mol. The van der Waals surface area contributed by atoms with Gasteiger partial charge in [0.05, 0.1) is 10.9 Å². The van der Waals surface area contributed by atoms with Gasteiger partial charge in [0.1, 0.15) is 18.5 Å². The first-order valence-corrected chi connectivity index (χ1v) is 15.6. The highest BCUT2D eigenvalue weighted by atomic mass is 16.5. The van der Waals surface area contributed by atoms with Gasteiger partial charge in [0.15, 0.2) is 6.20 Å². The van der Waals surface area contributed by atoms with E-state index in [1.165, 1.54) is 65.8 Å². The van der Waals surface area contributed by atoms with Gasteiger partial charge in [-0.3, -0.25) is 0 Å². The van der Waals surface area contributed by atoms with Crippen molar-refractivity contribution in [3.05, 3.63) is 77.0 Å². The van der Waals surface area contributed by atoms with Crippen LogP contribution in [0.5, 0.6) is 11.5 Å². The Morgan fingerprint density at radius 1 is 0.619 bits per heavy atom. The molecular formula is C40H48NO+. The maximum absolute atomic E-state index is 7.22. The van der Waals surface area contributed by atoms with Crippen LogP contribution in [0, 0.1) is 23.2 Å². The molecule has 0 radical (unpaired) electrons. The van der Waals surface area contributed by atoms with Crippen molar-refractivity contribution in [1.29, 1.82) is 0 Å². The number of benzene rings is 4. The number of ether oxygens (including phenoxy) is 1. The second-order valence-corrected chi connectivity index (χ2v) is 16.5. The molecule has 0 saturated heterocycles. The Hall–Kier alpha value is -3.39. The molecule has 0 bridgehead atoms. The number of fused-ring (bicyclic) bond motifs is 5. The van der Waals surface area contributed by atoms with E-state index in [2.05, 4.69) is 136 Å². The summed E-state index contributed by atoms with van der Waals surface area (Å²) in [5.41, 5.74) is 8.50. The summed E-state index contributed by atoms with van der Waals surface area (Å²) >= 11 is 0. The average molecular weight is 559 g/mol. The topological polar surface area (TPSA) is 13.1 Å². The second kappa shape index (κ2) is 9.56. The predicted octanol–water partition coefficient (Wildman–Crippen LogP) is 10.8. The summed E-state index contributed by atoms with van der Waals surface area (Å²) in [5, 5.41) is 7.58. The van der Waals surface area contributed by atoms with Crippen molar-refractivity contribution in [2.75, 3.05) is 0 Å². The van der Waals surface area contributed by atoms with E-state index >= 15 is 0 Å². The Morgan fingerprint density at radius 2 is 1.21 bits per heavy atom. The molecule has 42 heavy (non-hydrogen) atoms. The van der Waals surface area contributed by atoms with E-state index in [-0.39, 0.29) is 16.2 Å². The van der Waals surface area contributed by atoms with E-state index in [4.69, 9.17) is 4.74 Å². The molecule has 5 aromatic rings. The van der Waals surface area contributed by atoms with Crippen LogP contribution in [0.2, 0.25) is 0 Å². The largest absolute Gasteiger partial charge is 0.455 e. The van der Waals surface area contributed by atoms with Crippen LogP contribution in [0.1, 0.15) is 84.6 Å². The van der Waals surface area contributed by atoms with Gasteiger partial charge in [-0.15, -0.1) is 0 Å². The Bertz CT molecular complexity index is 1890. The van der Waals surface area contributed by atoms with Gasteiger partial charge in [-0.1, -0.05) is 98.7 Å². The number of rotatable bonds is 3. The molecule has 0 spiro atoms. The third-order valence-electron chi connectivity index (χ3n) is 8.56. The number of pyridine rings is 1.